The third kappa shape index (κ3) is 3.50. The topological polar surface area (TPSA) is 45.2 Å². The Morgan fingerprint density at radius 2 is 2.30 bits per heavy atom. The molecule has 1 amide bonds. The number of nitrogens with zero attached hydrogens (tertiary/aromatic N) is 2. The maximum atomic E-state index is 12.0. The van der Waals surface area contributed by atoms with Gasteiger partial charge in [0.25, 0.3) is 5.91 Å². The predicted molar refractivity (Wildman–Crippen MR) is 82.1 cm³/mol. The first kappa shape index (κ1) is 14.8. The van der Waals surface area contributed by atoms with E-state index in [0.29, 0.717) is 18.3 Å². The van der Waals surface area contributed by atoms with Gasteiger partial charge in [0.05, 0.1) is 0 Å². The van der Waals surface area contributed by atoms with Crippen LogP contribution in [0, 0.1) is 0 Å². The van der Waals surface area contributed by atoms with Crippen LogP contribution in [-0.2, 0) is 0 Å². The van der Waals surface area contributed by atoms with Gasteiger partial charge in [0.15, 0.2) is 0 Å². The van der Waals surface area contributed by atoms with Crippen molar-refractivity contribution in [3.8, 4) is 0 Å². The minimum Gasteiger partial charge on any atom is -0.368 e. The molecule has 1 aliphatic rings. The van der Waals surface area contributed by atoms with E-state index in [1.807, 2.05) is 19.1 Å². The summed E-state index contributed by atoms with van der Waals surface area (Å²) >= 11 is 0. The van der Waals surface area contributed by atoms with Gasteiger partial charge in [-0.3, -0.25) is 9.78 Å². The van der Waals surface area contributed by atoms with E-state index >= 15 is 0 Å². The van der Waals surface area contributed by atoms with Crippen molar-refractivity contribution in [3.63, 3.8) is 0 Å². The van der Waals surface area contributed by atoms with Crippen molar-refractivity contribution in [1.29, 1.82) is 0 Å². The lowest BCUT2D eigenvalue weighted by molar-refractivity contribution is 0.0948. The molecular weight excluding hydrogens is 250 g/mol. The molecule has 4 nitrogen and oxygen atoms in total. The minimum atomic E-state index is -0.0706. The van der Waals surface area contributed by atoms with E-state index in [4.69, 9.17) is 0 Å². The fourth-order valence-corrected chi connectivity index (χ4v) is 2.82. The molecule has 0 bridgehead atoms. The number of amides is 1. The fourth-order valence-electron chi connectivity index (χ4n) is 2.82. The summed E-state index contributed by atoms with van der Waals surface area (Å²) in [5.41, 5.74) is 1.66. The monoisotopic (exact) mass is 275 g/mol. The molecule has 0 radical (unpaired) electrons. The van der Waals surface area contributed by atoms with Crippen molar-refractivity contribution in [3.05, 3.63) is 24.0 Å². The van der Waals surface area contributed by atoms with E-state index in [9.17, 15) is 4.79 Å². The van der Waals surface area contributed by atoms with E-state index in [1.165, 1.54) is 19.3 Å². The zero-order valence-electron chi connectivity index (χ0n) is 12.6. The van der Waals surface area contributed by atoms with Crippen LogP contribution in [0.1, 0.15) is 56.4 Å². The lowest BCUT2D eigenvalue weighted by Gasteiger charge is -2.37. The number of hydrogen-bond donors (Lipinski definition) is 1. The van der Waals surface area contributed by atoms with Crippen LogP contribution >= 0.6 is 0 Å². The molecule has 0 saturated carbocycles. The third-order valence-corrected chi connectivity index (χ3v) is 3.94. The summed E-state index contributed by atoms with van der Waals surface area (Å²) in [4.78, 5) is 18.6. The molecular formula is C16H25N3O. The summed E-state index contributed by atoms with van der Waals surface area (Å²) in [7, 11) is 0. The molecule has 20 heavy (non-hydrogen) atoms. The van der Waals surface area contributed by atoms with Gasteiger partial charge in [-0.05, 0) is 44.2 Å². The largest absolute Gasteiger partial charge is 0.368 e. The molecule has 1 fully saturated rings. The van der Waals surface area contributed by atoms with Crippen LogP contribution in [0.15, 0.2) is 18.3 Å². The number of carbonyl (C=O) groups is 1. The number of piperidine rings is 1. The first-order chi connectivity index (χ1) is 9.76. The highest BCUT2D eigenvalue weighted by Gasteiger charge is 2.21. The Hall–Kier alpha value is -1.58. The average molecular weight is 275 g/mol. The Balaban J connectivity index is 2.14. The number of nitrogens with one attached hydrogen (secondary N) is 1. The van der Waals surface area contributed by atoms with Gasteiger partial charge in [-0.15, -0.1) is 0 Å². The van der Waals surface area contributed by atoms with E-state index in [2.05, 4.69) is 22.1 Å². The summed E-state index contributed by atoms with van der Waals surface area (Å²) < 4.78 is 0. The number of pyridine rings is 1. The predicted octanol–water partition coefficient (Wildman–Crippen LogP) is 2.99. The van der Waals surface area contributed by atoms with Crippen molar-refractivity contribution in [1.82, 2.24) is 10.3 Å². The second-order valence-electron chi connectivity index (χ2n) is 5.41. The van der Waals surface area contributed by atoms with E-state index < -0.39 is 0 Å². The van der Waals surface area contributed by atoms with Crippen molar-refractivity contribution < 1.29 is 4.79 Å². The zero-order chi connectivity index (χ0) is 14.4. The number of hydrogen-bond acceptors (Lipinski definition) is 3. The summed E-state index contributed by atoms with van der Waals surface area (Å²) in [6.45, 7) is 6.06. The van der Waals surface area contributed by atoms with Crippen LogP contribution in [0.25, 0.3) is 0 Å². The van der Waals surface area contributed by atoms with Gasteiger partial charge in [-0.25, -0.2) is 0 Å². The minimum absolute atomic E-state index is 0.0706. The quantitative estimate of drug-likeness (QED) is 0.898. The highest BCUT2D eigenvalue weighted by molar-refractivity contribution is 5.93. The molecule has 0 aliphatic carbocycles. The first-order valence-electron chi connectivity index (χ1n) is 7.77. The SMILES string of the molecule is CCCNC(=O)c1cc(N2CCCCC2CC)ccn1. The molecule has 1 saturated heterocycles. The number of carbonyl (C=O) groups excluding carboxylic acids is 1. The highest BCUT2D eigenvalue weighted by atomic mass is 16.1. The third-order valence-electron chi connectivity index (χ3n) is 3.94. The maximum absolute atomic E-state index is 12.0. The Bertz CT molecular complexity index is 447. The molecule has 2 heterocycles. The van der Waals surface area contributed by atoms with Crippen molar-refractivity contribution in [2.45, 2.75) is 52.0 Å². The fraction of sp³-hybridized carbons (Fsp3) is 0.625. The second-order valence-corrected chi connectivity index (χ2v) is 5.41. The number of anilines is 1. The summed E-state index contributed by atoms with van der Waals surface area (Å²) in [6.07, 6.45) is 7.63. The smallest absolute Gasteiger partial charge is 0.269 e. The molecule has 4 heteroatoms. The van der Waals surface area contributed by atoms with Crippen LogP contribution in [0.5, 0.6) is 0 Å². The molecule has 2 rings (SSSR count). The summed E-state index contributed by atoms with van der Waals surface area (Å²) in [6, 6.07) is 4.54. The Kier molecular flexibility index (Phi) is 5.39. The molecule has 1 N–H and O–H groups in total. The summed E-state index contributed by atoms with van der Waals surface area (Å²) in [5.74, 6) is -0.0706. The zero-order valence-corrected chi connectivity index (χ0v) is 12.6. The van der Waals surface area contributed by atoms with E-state index in [-0.39, 0.29) is 5.91 Å². The van der Waals surface area contributed by atoms with E-state index in [1.54, 1.807) is 6.20 Å². The average Bonchev–Trinajstić information content (AvgIpc) is 2.52. The summed E-state index contributed by atoms with van der Waals surface area (Å²) in [5, 5.41) is 2.88. The van der Waals surface area contributed by atoms with Crippen LogP contribution in [0.4, 0.5) is 5.69 Å². The molecule has 1 aliphatic heterocycles. The Labute approximate surface area is 121 Å². The molecule has 1 atom stereocenters. The number of aromatic nitrogens is 1. The van der Waals surface area contributed by atoms with Crippen molar-refractivity contribution in [2.24, 2.45) is 0 Å². The normalized spacial score (nSPS) is 18.9. The van der Waals surface area contributed by atoms with Crippen LogP contribution < -0.4 is 10.2 Å². The van der Waals surface area contributed by atoms with Crippen LogP contribution in [-0.4, -0.2) is 30.0 Å². The van der Waals surface area contributed by atoms with Gasteiger partial charge < -0.3 is 10.2 Å². The van der Waals surface area contributed by atoms with Crippen LogP contribution in [0.2, 0.25) is 0 Å². The second kappa shape index (κ2) is 7.27. The Morgan fingerprint density at radius 1 is 1.45 bits per heavy atom. The molecule has 1 unspecified atom stereocenters. The highest BCUT2D eigenvalue weighted by Crippen LogP contribution is 2.26. The molecule has 0 spiro atoms. The first-order valence-corrected chi connectivity index (χ1v) is 7.77. The molecule has 110 valence electrons. The number of rotatable bonds is 5. The van der Waals surface area contributed by atoms with Gasteiger partial charge in [-0.1, -0.05) is 13.8 Å². The van der Waals surface area contributed by atoms with Crippen molar-refractivity contribution >= 4 is 11.6 Å². The van der Waals surface area contributed by atoms with Gasteiger partial charge in [0.1, 0.15) is 5.69 Å². The van der Waals surface area contributed by atoms with Gasteiger partial charge in [0, 0.05) is 31.0 Å². The standard InChI is InChI=1S/C16H25N3O/c1-3-9-18-16(20)15-12-14(8-10-17-15)19-11-6-5-7-13(19)4-2/h8,10,12-13H,3-7,9,11H2,1-2H3,(H,18,20). The van der Waals surface area contributed by atoms with Gasteiger partial charge in [-0.2, -0.15) is 0 Å². The molecule has 1 aromatic heterocycles. The van der Waals surface area contributed by atoms with E-state index in [0.717, 1.165) is 25.1 Å². The molecule has 0 aromatic carbocycles. The maximum Gasteiger partial charge on any atom is 0.269 e. The van der Waals surface area contributed by atoms with Gasteiger partial charge >= 0.3 is 0 Å². The van der Waals surface area contributed by atoms with Crippen molar-refractivity contribution in [2.75, 3.05) is 18.0 Å². The van der Waals surface area contributed by atoms with Gasteiger partial charge in [0.2, 0.25) is 0 Å². The van der Waals surface area contributed by atoms with Crippen LogP contribution in [0.3, 0.4) is 0 Å². The Morgan fingerprint density at radius 3 is 3.05 bits per heavy atom. The molecule has 1 aromatic rings. The lowest BCUT2D eigenvalue weighted by atomic mass is 9.99. The lowest BCUT2D eigenvalue weighted by Crippen LogP contribution is -2.39.